The molecule has 4 nitrogen and oxygen atoms in total. The van der Waals surface area contributed by atoms with Gasteiger partial charge in [0.2, 0.25) is 5.91 Å². The minimum Gasteiger partial charge on any atom is -0.324 e. The monoisotopic (exact) mass is 349 g/mol. The molecule has 1 aromatic carbocycles. The van der Waals surface area contributed by atoms with Gasteiger partial charge >= 0.3 is 0 Å². The summed E-state index contributed by atoms with van der Waals surface area (Å²) >= 11 is 7.26. The molecule has 0 aliphatic carbocycles. The lowest BCUT2D eigenvalue weighted by Crippen LogP contribution is -2.22. The van der Waals surface area contributed by atoms with Gasteiger partial charge in [0.25, 0.3) is 0 Å². The number of nitrogens with zero attached hydrogens (tertiary/aromatic N) is 2. The molecular weight excluding hydrogens is 337 g/mol. The van der Waals surface area contributed by atoms with Crippen molar-refractivity contribution in [1.82, 2.24) is 9.38 Å². The second kappa shape index (κ2) is 6.60. The zero-order valence-electron chi connectivity index (χ0n) is 12.2. The van der Waals surface area contributed by atoms with Gasteiger partial charge in [-0.3, -0.25) is 9.20 Å². The number of imidazole rings is 1. The number of thioether (sulfide) groups is 1. The molecule has 2 aromatic heterocycles. The highest BCUT2D eigenvalue weighted by Gasteiger charge is 2.18. The van der Waals surface area contributed by atoms with Crippen LogP contribution < -0.4 is 5.32 Å². The number of nitrogens with one attached hydrogen (secondary N) is 1. The second-order valence-electron chi connectivity index (χ2n) is 4.91. The molecule has 1 N–H and O–H groups in total. The highest BCUT2D eigenvalue weighted by atomic mass is 35.5. The van der Waals surface area contributed by atoms with E-state index in [1.807, 2.05) is 28.8 Å². The molecule has 0 fully saturated rings. The van der Waals surface area contributed by atoms with Crippen molar-refractivity contribution < 1.29 is 9.18 Å². The predicted molar refractivity (Wildman–Crippen MR) is 90.6 cm³/mol. The van der Waals surface area contributed by atoms with Crippen molar-refractivity contribution >= 4 is 40.5 Å². The van der Waals surface area contributed by atoms with Gasteiger partial charge < -0.3 is 5.32 Å². The first kappa shape index (κ1) is 15.8. The van der Waals surface area contributed by atoms with E-state index in [1.165, 1.54) is 23.9 Å². The number of hydrogen-bond donors (Lipinski definition) is 1. The molecule has 7 heteroatoms. The number of benzene rings is 1. The lowest BCUT2D eigenvalue weighted by molar-refractivity contribution is -0.115. The van der Waals surface area contributed by atoms with Crippen LogP contribution in [-0.4, -0.2) is 20.5 Å². The van der Waals surface area contributed by atoms with Gasteiger partial charge in [-0.1, -0.05) is 29.4 Å². The zero-order valence-corrected chi connectivity index (χ0v) is 13.7. The summed E-state index contributed by atoms with van der Waals surface area (Å²) in [4.78, 5) is 16.6. The number of carbonyl (C=O) groups is 1. The minimum absolute atomic E-state index is 0.168. The van der Waals surface area contributed by atoms with Crippen molar-refractivity contribution in [3.05, 3.63) is 59.6 Å². The van der Waals surface area contributed by atoms with Crippen LogP contribution in [0, 0.1) is 5.82 Å². The van der Waals surface area contributed by atoms with Crippen LogP contribution in [0.5, 0.6) is 0 Å². The maximum absolute atomic E-state index is 13.0. The largest absolute Gasteiger partial charge is 0.324 e. The number of carbonyl (C=O) groups excluding carboxylic acids is 1. The molecule has 118 valence electrons. The molecular formula is C16H13ClFN3OS. The van der Waals surface area contributed by atoms with Crippen molar-refractivity contribution in [1.29, 1.82) is 0 Å². The SMILES string of the molecule is CC(Sc1ncc2ccccn12)C(=O)Nc1ccc(F)cc1Cl. The standard InChI is InChI=1S/C16H13ClFN3OS/c1-10(15(22)20-14-6-5-11(18)8-13(14)17)23-16-19-9-12-4-2-3-7-21(12)16/h2-10H,1H3,(H,20,22). The molecule has 0 saturated heterocycles. The Morgan fingerprint density at radius 1 is 1.39 bits per heavy atom. The molecule has 0 radical (unpaired) electrons. The molecule has 2 heterocycles. The smallest absolute Gasteiger partial charge is 0.237 e. The van der Waals surface area contributed by atoms with Crippen LogP contribution in [0.15, 0.2) is 53.9 Å². The van der Waals surface area contributed by atoms with Crippen molar-refractivity contribution in [2.45, 2.75) is 17.3 Å². The van der Waals surface area contributed by atoms with Gasteiger partial charge in [0.05, 0.1) is 27.7 Å². The van der Waals surface area contributed by atoms with Crippen LogP contribution in [0.4, 0.5) is 10.1 Å². The van der Waals surface area contributed by atoms with E-state index in [1.54, 1.807) is 13.1 Å². The van der Waals surface area contributed by atoms with Gasteiger partial charge in [0, 0.05) is 6.20 Å². The van der Waals surface area contributed by atoms with Gasteiger partial charge in [-0.15, -0.1) is 0 Å². The van der Waals surface area contributed by atoms with E-state index in [2.05, 4.69) is 10.3 Å². The Morgan fingerprint density at radius 3 is 3.00 bits per heavy atom. The van der Waals surface area contributed by atoms with Gasteiger partial charge in [-0.25, -0.2) is 9.37 Å². The van der Waals surface area contributed by atoms with Gasteiger partial charge in [0.15, 0.2) is 5.16 Å². The topological polar surface area (TPSA) is 46.4 Å². The summed E-state index contributed by atoms with van der Waals surface area (Å²) in [6.07, 6.45) is 3.65. The Bertz CT molecular complexity index is 867. The molecule has 23 heavy (non-hydrogen) atoms. The van der Waals surface area contributed by atoms with E-state index in [-0.39, 0.29) is 16.2 Å². The fourth-order valence-corrected chi connectivity index (χ4v) is 3.13. The maximum Gasteiger partial charge on any atom is 0.237 e. The third-order valence-corrected chi connectivity index (χ3v) is 4.64. The summed E-state index contributed by atoms with van der Waals surface area (Å²) in [5, 5.41) is 3.21. The van der Waals surface area contributed by atoms with E-state index < -0.39 is 5.82 Å². The Labute approximate surface area is 141 Å². The fourth-order valence-electron chi connectivity index (χ4n) is 2.04. The van der Waals surface area contributed by atoms with Crippen LogP contribution in [-0.2, 0) is 4.79 Å². The average molecular weight is 350 g/mol. The number of halogens is 2. The first-order valence-corrected chi connectivity index (χ1v) is 8.15. The molecule has 3 aromatic rings. The molecule has 1 unspecified atom stereocenters. The number of anilines is 1. The van der Waals surface area contributed by atoms with E-state index in [0.717, 1.165) is 16.7 Å². The number of pyridine rings is 1. The molecule has 3 rings (SSSR count). The first-order valence-electron chi connectivity index (χ1n) is 6.89. The maximum atomic E-state index is 13.0. The summed E-state index contributed by atoms with van der Waals surface area (Å²) in [5.41, 5.74) is 1.35. The second-order valence-corrected chi connectivity index (χ2v) is 6.62. The summed E-state index contributed by atoms with van der Waals surface area (Å²) in [6, 6.07) is 9.64. The quantitative estimate of drug-likeness (QED) is 0.716. The van der Waals surface area contributed by atoms with Crippen LogP contribution in [0.3, 0.4) is 0 Å². The number of aromatic nitrogens is 2. The van der Waals surface area contributed by atoms with Gasteiger partial charge in [-0.05, 0) is 37.3 Å². The Morgan fingerprint density at radius 2 is 2.22 bits per heavy atom. The lowest BCUT2D eigenvalue weighted by Gasteiger charge is -2.12. The average Bonchev–Trinajstić information content (AvgIpc) is 2.93. The van der Waals surface area contributed by atoms with Crippen molar-refractivity contribution in [2.24, 2.45) is 0 Å². The van der Waals surface area contributed by atoms with Crippen LogP contribution >= 0.6 is 23.4 Å². The van der Waals surface area contributed by atoms with Crippen LogP contribution in [0.2, 0.25) is 5.02 Å². The lowest BCUT2D eigenvalue weighted by atomic mass is 10.3. The number of hydrogen-bond acceptors (Lipinski definition) is 3. The highest BCUT2D eigenvalue weighted by Crippen LogP contribution is 2.26. The normalized spacial score (nSPS) is 12.3. The van der Waals surface area contributed by atoms with Crippen molar-refractivity contribution in [2.75, 3.05) is 5.32 Å². The highest BCUT2D eigenvalue weighted by molar-refractivity contribution is 8.00. The summed E-state index contributed by atoms with van der Waals surface area (Å²) in [5.74, 6) is -0.671. The summed E-state index contributed by atoms with van der Waals surface area (Å²) in [7, 11) is 0. The summed E-state index contributed by atoms with van der Waals surface area (Å²) in [6.45, 7) is 1.78. The summed E-state index contributed by atoms with van der Waals surface area (Å²) < 4.78 is 14.9. The van der Waals surface area contributed by atoms with Crippen LogP contribution in [0.1, 0.15) is 6.92 Å². The fraction of sp³-hybridized carbons (Fsp3) is 0.125. The minimum atomic E-state index is -0.445. The molecule has 1 atom stereocenters. The van der Waals surface area contributed by atoms with E-state index in [9.17, 15) is 9.18 Å². The van der Waals surface area contributed by atoms with Crippen LogP contribution in [0.25, 0.3) is 5.52 Å². The van der Waals surface area contributed by atoms with Gasteiger partial charge in [-0.2, -0.15) is 0 Å². The van der Waals surface area contributed by atoms with Crippen molar-refractivity contribution in [3.63, 3.8) is 0 Å². The zero-order chi connectivity index (χ0) is 16.4. The molecule has 0 bridgehead atoms. The van der Waals surface area contributed by atoms with E-state index in [4.69, 9.17) is 11.6 Å². The Hall–Kier alpha value is -2.05. The number of amides is 1. The molecule has 0 aliphatic heterocycles. The van der Waals surface area contributed by atoms with Gasteiger partial charge in [0.1, 0.15) is 5.82 Å². The molecule has 0 aliphatic rings. The first-order chi connectivity index (χ1) is 11.0. The third kappa shape index (κ3) is 3.48. The van der Waals surface area contributed by atoms with E-state index >= 15 is 0 Å². The van der Waals surface area contributed by atoms with E-state index in [0.29, 0.717) is 5.69 Å². The molecule has 1 amide bonds. The Balaban J connectivity index is 1.72. The number of fused-ring (bicyclic) bond motifs is 1. The van der Waals surface area contributed by atoms with Crippen molar-refractivity contribution in [3.8, 4) is 0 Å². The predicted octanol–water partition coefficient (Wildman–Crippen LogP) is 4.25. The molecule has 0 spiro atoms. The Kier molecular flexibility index (Phi) is 4.54. The third-order valence-electron chi connectivity index (χ3n) is 3.25. The molecule has 0 saturated carbocycles. The number of rotatable bonds is 4.